The van der Waals surface area contributed by atoms with Gasteiger partial charge in [-0.2, -0.15) is 5.48 Å². The molecule has 1 atom stereocenters. The van der Waals surface area contributed by atoms with Crippen molar-refractivity contribution in [3.8, 4) is 11.5 Å². The van der Waals surface area contributed by atoms with E-state index in [-0.39, 0.29) is 11.8 Å². The Morgan fingerprint density at radius 3 is 2.64 bits per heavy atom. The molecule has 0 radical (unpaired) electrons. The van der Waals surface area contributed by atoms with Gasteiger partial charge in [0.25, 0.3) is 0 Å². The summed E-state index contributed by atoms with van der Waals surface area (Å²) in [5, 5.41) is 9.58. The molecule has 14 heavy (non-hydrogen) atoms. The fourth-order valence-electron chi connectivity index (χ4n) is 1.25. The maximum atomic E-state index is 9.58. The molecule has 78 valence electrons. The number of methoxy groups -OCH3 is 1. The number of hydrogen-bond acceptors (Lipinski definition) is 4. The van der Waals surface area contributed by atoms with Crippen molar-refractivity contribution in [2.45, 2.75) is 13.0 Å². The van der Waals surface area contributed by atoms with Crippen LogP contribution in [-0.4, -0.2) is 19.3 Å². The molecule has 0 saturated carbocycles. The number of hydroxylamine groups is 1. The van der Waals surface area contributed by atoms with Gasteiger partial charge in [-0.25, -0.2) is 0 Å². The number of nitrogens with one attached hydrogen (secondary N) is 1. The molecular formula is C10H15NO3. The number of ether oxygens (including phenoxy) is 1. The molecule has 0 spiro atoms. The Morgan fingerprint density at radius 2 is 2.07 bits per heavy atom. The Hall–Kier alpha value is -1.26. The van der Waals surface area contributed by atoms with Gasteiger partial charge >= 0.3 is 0 Å². The second kappa shape index (κ2) is 4.83. The molecule has 0 bridgehead atoms. The minimum Gasteiger partial charge on any atom is -0.508 e. The van der Waals surface area contributed by atoms with Crippen molar-refractivity contribution in [2.24, 2.45) is 0 Å². The first-order chi connectivity index (χ1) is 6.69. The van der Waals surface area contributed by atoms with Crippen LogP contribution in [0.5, 0.6) is 11.5 Å². The third-order valence-electron chi connectivity index (χ3n) is 2.00. The van der Waals surface area contributed by atoms with Crippen LogP contribution < -0.4 is 10.2 Å². The largest absolute Gasteiger partial charge is 0.508 e. The minimum atomic E-state index is -0.0879. The Bertz CT molecular complexity index is 301. The standard InChI is InChI=1S/C10H15NO3/c1-7(11-14-3)9-6-8(13-2)4-5-10(9)12/h4-7,11-12H,1-3H3. The zero-order valence-electron chi connectivity index (χ0n) is 8.57. The van der Waals surface area contributed by atoms with Crippen molar-refractivity contribution in [3.05, 3.63) is 23.8 Å². The summed E-state index contributed by atoms with van der Waals surface area (Å²) in [7, 11) is 3.12. The first-order valence-electron chi connectivity index (χ1n) is 4.34. The summed E-state index contributed by atoms with van der Waals surface area (Å²) in [6, 6.07) is 4.99. The molecule has 0 saturated heterocycles. The highest BCUT2D eigenvalue weighted by Gasteiger charge is 2.10. The highest BCUT2D eigenvalue weighted by Crippen LogP contribution is 2.27. The molecule has 0 aliphatic carbocycles. The van der Waals surface area contributed by atoms with Gasteiger partial charge in [0, 0.05) is 5.56 Å². The molecule has 1 unspecified atom stereocenters. The molecule has 0 amide bonds. The van der Waals surface area contributed by atoms with E-state index in [1.54, 1.807) is 25.3 Å². The van der Waals surface area contributed by atoms with E-state index in [1.165, 1.54) is 7.11 Å². The van der Waals surface area contributed by atoms with Crippen LogP contribution in [0.4, 0.5) is 0 Å². The quantitative estimate of drug-likeness (QED) is 0.720. The van der Waals surface area contributed by atoms with E-state index in [0.717, 1.165) is 5.56 Å². The molecule has 1 aromatic carbocycles. The lowest BCUT2D eigenvalue weighted by molar-refractivity contribution is 0.0651. The van der Waals surface area contributed by atoms with Gasteiger partial charge in [-0.15, -0.1) is 0 Å². The van der Waals surface area contributed by atoms with Crippen LogP contribution in [0.15, 0.2) is 18.2 Å². The number of benzene rings is 1. The predicted molar refractivity (Wildman–Crippen MR) is 53.2 cm³/mol. The molecule has 4 nitrogen and oxygen atoms in total. The molecule has 0 fully saturated rings. The zero-order chi connectivity index (χ0) is 10.6. The second-order valence-corrected chi connectivity index (χ2v) is 2.97. The van der Waals surface area contributed by atoms with Crippen molar-refractivity contribution < 1.29 is 14.7 Å². The van der Waals surface area contributed by atoms with Gasteiger partial charge in [-0.05, 0) is 25.1 Å². The molecular weight excluding hydrogens is 182 g/mol. The lowest BCUT2D eigenvalue weighted by Gasteiger charge is -2.14. The third-order valence-corrected chi connectivity index (χ3v) is 2.00. The van der Waals surface area contributed by atoms with Gasteiger partial charge in [-0.1, -0.05) is 0 Å². The smallest absolute Gasteiger partial charge is 0.120 e. The average Bonchev–Trinajstić information content (AvgIpc) is 2.19. The number of phenolic OH excluding ortho intramolecular Hbond substituents is 1. The lowest BCUT2D eigenvalue weighted by atomic mass is 10.1. The zero-order valence-corrected chi connectivity index (χ0v) is 8.57. The molecule has 4 heteroatoms. The summed E-state index contributed by atoms with van der Waals surface area (Å²) < 4.78 is 5.06. The van der Waals surface area contributed by atoms with Crippen LogP contribution in [0.3, 0.4) is 0 Å². The van der Waals surface area contributed by atoms with E-state index in [2.05, 4.69) is 5.48 Å². The van der Waals surface area contributed by atoms with E-state index in [0.29, 0.717) is 5.75 Å². The van der Waals surface area contributed by atoms with Gasteiger partial charge in [0.2, 0.25) is 0 Å². The fraction of sp³-hybridized carbons (Fsp3) is 0.400. The molecule has 2 N–H and O–H groups in total. The van der Waals surface area contributed by atoms with Gasteiger partial charge < -0.3 is 14.7 Å². The lowest BCUT2D eigenvalue weighted by Crippen LogP contribution is -2.16. The molecule has 0 aliphatic rings. The molecule has 0 aliphatic heterocycles. The van der Waals surface area contributed by atoms with Crippen LogP contribution in [0.2, 0.25) is 0 Å². The van der Waals surface area contributed by atoms with Gasteiger partial charge in [0.15, 0.2) is 0 Å². The van der Waals surface area contributed by atoms with Crippen LogP contribution in [-0.2, 0) is 4.84 Å². The Kier molecular flexibility index (Phi) is 3.73. The van der Waals surface area contributed by atoms with Crippen molar-refractivity contribution in [1.29, 1.82) is 0 Å². The van der Waals surface area contributed by atoms with E-state index in [4.69, 9.17) is 9.57 Å². The van der Waals surface area contributed by atoms with E-state index >= 15 is 0 Å². The molecule has 0 aromatic heterocycles. The van der Waals surface area contributed by atoms with Crippen LogP contribution in [0, 0.1) is 0 Å². The number of aromatic hydroxyl groups is 1. The van der Waals surface area contributed by atoms with Gasteiger partial charge in [0.05, 0.1) is 20.3 Å². The summed E-state index contributed by atoms with van der Waals surface area (Å²) in [5.41, 5.74) is 3.48. The highest BCUT2D eigenvalue weighted by atomic mass is 16.6. The van der Waals surface area contributed by atoms with Crippen molar-refractivity contribution in [2.75, 3.05) is 14.2 Å². The van der Waals surface area contributed by atoms with Crippen LogP contribution in [0.25, 0.3) is 0 Å². The summed E-state index contributed by atoms with van der Waals surface area (Å²) in [5.74, 6) is 0.936. The normalized spacial score (nSPS) is 12.5. The minimum absolute atomic E-state index is 0.0879. The molecule has 1 rings (SSSR count). The fourth-order valence-corrected chi connectivity index (χ4v) is 1.25. The summed E-state index contributed by atoms with van der Waals surface area (Å²) in [6.07, 6.45) is 0. The highest BCUT2D eigenvalue weighted by molar-refractivity contribution is 5.40. The third kappa shape index (κ3) is 2.37. The first-order valence-corrected chi connectivity index (χ1v) is 4.34. The van der Waals surface area contributed by atoms with Crippen LogP contribution in [0.1, 0.15) is 18.5 Å². The van der Waals surface area contributed by atoms with Crippen molar-refractivity contribution in [1.82, 2.24) is 5.48 Å². The maximum Gasteiger partial charge on any atom is 0.120 e. The van der Waals surface area contributed by atoms with Crippen molar-refractivity contribution >= 4 is 0 Å². The Labute approximate surface area is 83.4 Å². The number of rotatable bonds is 4. The first kappa shape index (κ1) is 10.8. The van der Waals surface area contributed by atoms with Crippen LogP contribution >= 0.6 is 0 Å². The van der Waals surface area contributed by atoms with Crippen molar-refractivity contribution in [3.63, 3.8) is 0 Å². The molecule has 1 aromatic rings. The van der Waals surface area contributed by atoms with E-state index in [9.17, 15) is 5.11 Å². The SMILES string of the molecule is CONC(C)c1cc(OC)ccc1O. The molecule has 0 heterocycles. The topological polar surface area (TPSA) is 50.7 Å². The second-order valence-electron chi connectivity index (χ2n) is 2.97. The number of hydrogen-bond donors (Lipinski definition) is 2. The van der Waals surface area contributed by atoms with E-state index in [1.807, 2.05) is 6.92 Å². The van der Waals surface area contributed by atoms with Gasteiger partial charge in [0.1, 0.15) is 11.5 Å². The summed E-state index contributed by atoms with van der Waals surface area (Å²) in [6.45, 7) is 1.89. The summed E-state index contributed by atoms with van der Waals surface area (Å²) >= 11 is 0. The average molecular weight is 197 g/mol. The Morgan fingerprint density at radius 1 is 1.36 bits per heavy atom. The number of phenols is 1. The maximum absolute atomic E-state index is 9.58. The van der Waals surface area contributed by atoms with Gasteiger partial charge in [-0.3, -0.25) is 0 Å². The Balaban J connectivity index is 2.93. The summed E-state index contributed by atoms with van der Waals surface area (Å²) in [4.78, 5) is 4.78. The monoisotopic (exact) mass is 197 g/mol. The predicted octanol–water partition coefficient (Wildman–Crippen LogP) is 1.61. The van der Waals surface area contributed by atoms with E-state index < -0.39 is 0 Å².